The highest BCUT2D eigenvalue weighted by Crippen LogP contribution is 2.11. The number of hydrogen-bond donors (Lipinski definition) is 1. The Morgan fingerprint density at radius 1 is 1.35 bits per heavy atom. The Bertz CT molecular complexity index is 564. The second-order valence-corrected chi connectivity index (χ2v) is 3.45. The maximum Gasteiger partial charge on any atom is 0.355 e. The molecule has 0 aliphatic heterocycles. The van der Waals surface area contributed by atoms with Crippen molar-refractivity contribution in [3.63, 3.8) is 0 Å². The van der Waals surface area contributed by atoms with Gasteiger partial charge in [-0.15, -0.1) is 0 Å². The molecule has 0 aliphatic carbocycles. The number of nitrogens with zero attached hydrogens (tertiary/aromatic N) is 2. The van der Waals surface area contributed by atoms with Gasteiger partial charge in [0.2, 0.25) is 5.88 Å². The molecule has 0 bridgehead atoms. The lowest BCUT2D eigenvalue weighted by Crippen LogP contribution is -2.26. The van der Waals surface area contributed by atoms with Gasteiger partial charge in [-0.3, -0.25) is 4.57 Å². The number of aromatic nitrogens is 2. The Morgan fingerprint density at radius 3 is 2.65 bits per heavy atom. The number of methoxy groups -OCH3 is 1. The second kappa shape index (κ2) is 4.80. The summed E-state index contributed by atoms with van der Waals surface area (Å²) in [6.45, 7) is 0.239. The Balaban J connectivity index is 2.65. The van der Waals surface area contributed by atoms with Gasteiger partial charge in [0, 0.05) is 18.3 Å². The molecule has 5 nitrogen and oxygen atoms in total. The third-order valence-electron chi connectivity index (χ3n) is 2.41. The van der Waals surface area contributed by atoms with Crippen molar-refractivity contribution < 1.29 is 4.74 Å². The van der Waals surface area contributed by atoms with Crippen molar-refractivity contribution in [2.45, 2.75) is 6.54 Å². The number of hydrogen-bond acceptors (Lipinski definition) is 4. The number of benzene rings is 1. The maximum atomic E-state index is 11.9. The van der Waals surface area contributed by atoms with Crippen molar-refractivity contribution in [2.75, 3.05) is 7.11 Å². The minimum absolute atomic E-state index is 0.239. The molecule has 2 N–H and O–H groups in total. The first-order valence-electron chi connectivity index (χ1n) is 5.18. The Labute approximate surface area is 98.5 Å². The van der Waals surface area contributed by atoms with Gasteiger partial charge in [0.1, 0.15) is 0 Å². The van der Waals surface area contributed by atoms with E-state index in [0.29, 0.717) is 5.69 Å². The van der Waals surface area contributed by atoms with Crippen molar-refractivity contribution in [1.82, 2.24) is 9.55 Å². The molecule has 0 amide bonds. The van der Waals surface area contributed by atoms with Crippen molar-refractivity contribution >= 4 is 0 Å². The van der Waals surface area contributed by atoms with Crippen molar-refractivity contribution in [1.29, 1.82) is 0 Å². The zero-order valence-corrected chi connectivity index (χ0v) is 9.46. The summed E-state index contributed by atoms with van der Waals surface area (Å²) < 4.78 is 6.42. The van der Waals surface area contributed by atoms with E-state index in [4.69, 9.17) is 10.5 Å². The number of rotatable bonds is 3. The summed E-state index contributed by atoms with van der Waals surface area (Å²) in [6, 6.07) is 10.9. The zero-order chi connectivity index (χ0) is 12.3. The Hall–Kier alpha value is -2.14. The molecule has 0 aliphatic rings. The molecule has 17 heavy (non-hydrogen) atoms. The average Bonchev–Trinajstić information content (AvgIpc) is 2.38. The van der Waals surface area contributed by atoms with Crippen LogP contribution in [0.4, 0.5) is 0 Å². The van der Waals surface area contributed by atoms with Gasteiger partial charge in [-0.2, -0.15) is 4.98 Å². The molecule has 5 heteroatoms. The molecule has 0 atom stereocenters. The highest BCUT2D eigenvalue weighted by atomic mass is 16.5. The molecule has 0 spiro atoms. The normalized spacial score (nSPS) is 10.2. The van der Waals surface area contributed by atoms with Crippen LogP contribution in [0.1, 0.15) is 5.69 Å². The first-order valence-corrected chi connectivity index (χ1v) is 5.18. The molecular formula is C12H13N3O2. The first-order chi connectivity index (χ1) is 8.26. The van der Waals surface area contributed by atoms with Crippen LogP contribution < -0.4 is 16.2 Å². The van der Waals surface area contributed by atoms with Gasteiger partial charge in [0.25, 0.3) is 0 Å². The van der Waals surface area contributed by atoms with Crippen LogP contribution in [0.25, 0.3) is 5.69 Å². The fourth-order valence-corrected chi connectivity index (χ4v) is 1.61. The molecule has 2 rings (SSSR count). The van der Waals surface area contributed by atoms with Crippen LogP contribution in [-0.4, -0.2) is 16.7 Å². The quantitative estimate of drug-likeness (QED) is 0.844. The fraction of sp³-hybridized carbons (Fsp3) is 0.167. The summed E-state index contributed by atoms with van der Waals surface area (Å²) in [7, 11) is 1.47. The molecule has 1 heterocycles. The third-order valence-corrected chi connectivity index (χ3v) is 2.41. The van der Waals surface area contributed by atoms with Crippen LogP contribution in [0, 0.1) is 0 Å². The predicted octanol–water partition coefficient (Wildman–Crippen LogP) is 0.700. The van der Waals surface area contributed by atoms with Crippen molar-refractivity contribution in [3.8, 4) is 11.6 Å². The lowest BCUT2D eigenvalue weighted by Gasteiger charge is -2.11. The summed E-state index contributed by atoms with van der Waals surface area (Å²) in [5, 5.41) is 0. The van der Waals surface area contributed by atoms with E-state index < -0.39 is 5.69 Å². The monoisotopic (exact) mass is 231 g/mol. The molecule has 0 saturated carbocycles. The fourth-order valence-electron chi connectivity index (χ4n) is 1.61. The average molecular weight is 231 g/mol. The van der Waals surface area contributed by atoms with Gasteiger partial charge in [-0.25, -0.2) is 4.79 Å². The van der Waals surface area contributed by atoms with E-state index in [0.717, 1.165) is 5.69 Å². The highest BCUT2D eigenvalue weighted by molar-refractivity contribution is 5.34. The summed E-state index contributed by atoms with van der Waals surface area (Å²) in [6.07, 6.45) is 0. The van der Waals surface area contributed by atoms with Gasteiger partial charge in [0.05, 0.1) is 12.8 Å². The summed E-state index contributed by atoms with van der Waals surface area (Å²) in [5.41, 5.74) is 6.65. The number of nitrogens with two attached hydrogens (primary N) is 1. The zero-order valence-electron chi connectivity index (χ0n) is 9.46. The highest BCUT2D eigenvalue weighted by Gasteiger charge is 2.08. The standard InChI is InChI=1S/C12H13N3O2/c1-17-11-7-10(8-13)15(12(16)14-11)9-5-3-2-4-6-9/h2-7H,8,13H2,1H3. The minimum Gasteiger partial charge on any atom is -0.481 e. The van der Waals surface area contributed by atoms with E-state index in [-0.39, 0.29) is 12.4 Å². The van der Waals surface area contributed by atoms with E-state index in [1.165, 1.54) is 11.7 Å². The van der Waals surface area contributed by atoms with E-state index in [2.05, 4.69) is 4.98 Å². The van der Waals surface area contributed by atoms with Gasteiger partial charge >= 0.3 is 5.69 Å². The van der Waals surface area contributed by atoms with Gasteiger partial charge < -0.3 is 10.5 Å². The SMILES string of the molecule is COc1cc(CN)n(-c2ccccc2)c(=O)n1. The largest absolute Gasteiger partial charge is 0.481 e. The Kier molecular flexibility index (Phi) is 3.20. The topological polar surface area (TPSA) is 70.1 Å². The molecule has 0 unspecified atom stereocenters. The second-order valence-electron chi connectivity index (χ2n) is 3.45. The lowest BCUT2D eigenvalue weighted by atomic mass is 10.3. The molecule has 1 aromatic heterocycles. The van der Waals surface area contributed by atoms with Crippen LogP contribution in [-0.2, 0) is 6.54 Å². The molecule has 0 radical (unpaired) electrons. The van der Waals surface area contributed by atoms with Crippen LogP contribution in [0.2, 0.25) is 0 Å². The van der Waals surface area contributed by atoms with Crippen LogP contribution in [0.5, 0.6) is 5.88 Å². The lowest BCUT2D eigenvalue weighted by molar-refractivity contribution is 0.392. The van der Waals surface area contributed by atoms with Gasteiger partial charge in [-0.05, 0) is 12.1 Å². The molecular weight excluding hydrogens is 218 g/mol. The Morgan fingerprint density at radius 2 is 2.06 bits per heavy atom. The van der Waals surface area contributed by atoms with Crippen molar-refractivity contribution in [2.24, 2.45) is 5.73 Å². The van der Waals surface area contributed by atoms with Crippen LogP contribution >= 0.6 is 0 Å². The molecule has 0 fully saturated rings. The van der Waals surface area contributed by atoms with E-state index in [1.54, 1.807) is 6.07 Å². The van der Waals surface area contributed by atoms with Crippen LogP contribution in [0.15, 0.2) is 41.2 Å². The van der Waals surface area contributed by atoms with E-state index >= 15 is 0 Å². The summed E-state index contributed by atoms with van der Waals surface area (Å²) in [5.74, 6) is 0.280. The third kappa shape index (κ3) is 2.19. The van der Waals surface area contributed by atoms with E-state index in [9.17, 15) is 4.79 Å². The maximum absolute atomic E-state index is 11.9. The van der Waals surface area contributed by atoms with E-state index in [1.807, 2.05) is 30.3 Å². The summed E-state index contributed by atoms with van der Waals surface area (Å²) >= 11 is 0. The molecule has 1 aromatic carbocycles. The van der Waals surface area contributed by atoms with Crippen LogP contribution in [0.3, 0.4) is 0 Å². The smallest absolute Gasteiger partial charge is 0.355 e. The first kappa shape index (κ1) is 11.3. The molecule has 2 aromatic rings. The molecule has 0 saturated heterocycles. The van der Waals surface area contributed by atoms with Crippen molar-refractivity contribution in [3.05, 3.63) is 52.6 Å². The predicted molar refractivity (Wildman–Crippen MR) is 64.3 cm³/mol. The molecule has 88 valence electrons. The summed E-state index contributed by atoms with van der Waals surface area (Å²) in [4.78, 5) is 15.7. The van der Waals surface area contributed by atoms with Gasteiger partial charge in [-0.1, -0.05) is 18.2 Å². The number of ether oxygens (including phenoxy) is 1. The minimum atomic E-state index is -0.393. The van der Waals surface area contributed by atoms with Gasteiger partial charge in [0.15, 0.2) is 0 Å². The number of para-hydroxylation sites is 1.